The fraction of sp³-hybridized carbons (Fsp3) is 0.333. The van der Waals surface area contributed by atoms with Gasteiger partial charge < -0.3 is 10.0 Å². The maximum Gasteiger partial charge on any atom is 0.435 e. The number of benzene rings is 3. The zero-order valence-electron chi connectivity index (χ0n) is 22.9. The fourth-order valence-corrected chi connectivity index (χ4v) is 8.77. The van der Waals surface area contributed by atoms with E-state index in [0.29, 0.717) is 11.6 Å². The maximum absolute atomic E-state index is 15.0. The molecule has 1 heterocycles. The van der Waals surface area contributed by atoms with Crippen molar-refractivity contribution >= 4 is 21.7 Å². The summed E-state index contributed by atoms with van der Waals surface area (Å²) in [6.07, 6.45) is -13.9. The van der Waals surface area contributed by atoms with E-state index in [1.807, 2.05) is 0 Å². The molecule has 0 saturated carbocycles. The summed E-state index contributed by atoms with van der Waals surface area (Å²) in [5.74, 6) is -2.52. The molecule has 0 spiro atoms. The lowest BCUT2D eigenvalue weighted by molar-refractivity contribution is -0.348. The van der Waals surface area contributed by atoms with Crippen molar-refractivity contribution in [1.29, 1.82) is 0 Å². The van der Waals surface area contributed by atoms with Crippen molar-refractivity contribution < 1.29 is 58.2 Å². The van der Waals surface area contributed by atoms with Crippen LogP contribution in [-0.2, 0) is 37.9 Å². The lowest BCUT2D eigenvalue weighted by Crippen LogP contribution is -2.53. The summed E-state index contributed by atoms with van der Waals surface area (Å²) in [5, 5.41) is 9.00. The first kappa shape index (κ1) is 32.4. The Morgan fingerprint density at radius 2 is 1.49 bits per heavy atom. The first-order valence-electron chi connectivity index (χ1n) is 13.4. The smallest absolute Gasteiger partial charge is 0.435 e. The van der Waals surface area contributed by atoms with Crippen molar-refractivity contribution in [3.05, 3.63) is 100 Å². The molecule has 2 atom stereocenters. The Labute approximate surface area is 251 Å². The van der Waals surface area contributed by atoms with E-state index in [9.17, 15) is 53.1 Å². The van der Waals surface area contributed by atoms with Crippen LogP contribution in [0.4, 0.5) is 35.1 Å². The standard InChI is InChI=1S/C30H23F8NO5S/c31-21-7-9-22(10-8-21)45(43,44)27-13-14-39(26(42)18-3-1-17(2-4-18)15-25(40)41)24(27)12-5-19-16-20(6-11-23(19)27)28(32,29(33,34)35)30(36,37)38/h1-4,6-11,16,24H,5,12-15H2,(H,40,41)/t24-,27-/m1/s1. The van der Waals surface area contributed by atoms with Crippen molar-refractivity contribution in [1.82, 2.24) is 4.90 Å². The number of aliphatic carboxylic acids is 1. The number of sulfone groups is 1. The largest absolute Gasteiger partial charge is 0.481 e. The van der Waals surface area contributed by atoms with Gasteiger partial charge in [0.1, 0.15) is 10.6 Å². The minimum Gasteiger partial charge on any atom is -0.481 e. The second-order valence-corrected chi connectivity index (χ2v) is 13.2. The number of carbonyl (C=O) groups is 2. The van der Waals surface area contributed by atoms with Gasteiger partial charge in [-0.15, -0.1) is 0 Å². The normalized spacial score (nSPS) is 20.4. The number of carbonyl (C=O) groups excluding carboxylic acids is 1. The van der Waals surface area contributed by atoms with Gasteiger partial charge in [0.25, 0.3) is 5.91 Å². The molecule has 6 nitrogen and oxygen atoms in total. The molecule has 0 aromatic heterocycles. The van der Waals surface area contributed by atoms with Gasteiger partial charge in [0.2, 0.25) is 0 Å². The van der Waals surface area contributed by atoms with Crippen molar-refractivity contribution in [2.45, 2.75) is 59.4 Å². The third-order valence-corrected chi connectivity index (χ3v) is 11.0. The molecular formula is C30H23F8NO5S. The Hall–Kier alpha value is -4.01. The highest BCUT2D eigenvalue weighted by Crippen LogP contribution is 2.56. The van der Waals surface area contributed by atoms with Gasteiger partial charge in [0, 0.05) is 17.7 Å². The number of carboxylic acid groups (broad SMARTS) is 1. The highest BCUT2D eigenvalue weighted by Gasteiger charge is 2.73. The lowest BCUT2D eigenvalue weighted by Gasteiger charge is -2.43. The molecule has 1 aliphatic heterocycles. The number of hydrogen-bond donors (Lipinski definition) is 1. The van der Waals surface area contributed by atoms with Gasteiger partial charge in [-0.1, -0.05) is 30.3 Å². The van der Waals surface area contributed by atoms with Crippen LogP contribution in [-0.4, -0.2) is 55.2 Å². The number of rotatable bonds is 6. The molecule has 0 bridgehead atoms. The molecule has 1 saturated heterocycles. The Morgan fingerprint density at radius 1 is 0.889 bits per heavy atom. The second kappa shape index (κ2) is 10.8. The van der Waals surface area contributed by atoms with Crippen LogP contribution in [0.15, 0.2) is 71.6 Å². The molecule has 240 valence electrons. The van der Waals surface area contributed by atoms with E-state index in [1.54, 1.807) is 0 Å². The van der Waals surface area contributed by atoms with Gasteiger partial charge in [-0.3, -0.25) is 9.59 Å². The third-order valence-electron chi connectivity index (χ3n) is 8.49. The van der Waals surface area contributed by atoms with E-state index in [-0.39, 0.29) is 55.0 Å². The third kappa shape index (κ3) is 5.04. The monoisotopic (exact) mass is 661 g/mol. The summed E-state index contributed by atoms with van der Waals surface area (Å²) >= 11 is 0. The maximum atomic E-state index is 15.0. The predicted molar refractivity (Wildman–Crippen MR) is 142 cm³/mol. The van der Waals surface area contributed by atoms with Gasteiger partial charge in [-0.2, -0.15) is 26.3 Å². The molecule has 5 rings (SSSR count). The number of amides is 1. The van der Waals surface area contributed by atoms with Gasteiger partial charge in [0.05, 0.1) is 17.4 Å². The van der Waals surface area contributed by atoms with E-state index in [1.165, 1.54) is 29.2 Å². The zero-order chi connectivity index (χ0) is 33.2. The number of halogens is 8. The van der Waals surface area contributed by atoms with Crippen LogP contribution >= 0.6 is 0 Å². The zero-order valence-corrected chi connectivity index (χ0v) is 23.7. The number of nitrogens with zero attached hydrogens (tertiary/aromatic N) is 1. The minimum absolute atomic E-state index is 0.0813. The summed E-state index contributed by atoms with van der Waals surface area (Å²) in [7, 11) is -4.63. The predicted octanol–water partition coefficient (Wildman–Crippen LogP) is 6.27. The highest BCUT2D eigenvalue weighted by molar-refractivity contribution is 7.92. The fourth-order valence-electron chi connectivity index (χ4n) is 6.40. The molecule has 1 fully saturated rings. The van der Waals surface area contributed by atoms with E-state index >= 15 is 0 Å². The van der Waals surface area contributed by atoms with E-state index in [4.69, 9.17) is 5.11 Å². The quantitative estimate of drug-likeness (QED) is 0.249. The number of carboxylic acids is 1. The van der Waals surface area contributed by atoms with E-state index in [0.717, 1.165) is 30.3 Å². The first-order valence-corrected chi connectivity index (χ1v) is 14.9. The molecule has 3 aromatic rings. The van der Waals surface area contributed by atoms with Gasteiger partial charge >= 0.3 is 24.0 Å². The summed E-state index contributed by atoms with van der Waals surface area (Å²) in [4.78, 5) is 25.5. The highest BCUT2D eigenvalue weighted by atomic mass is 32.2. The van der Waals surface area contributed by atoms with E-state index in [2.05, 4.69) is 0 Å². The minimum atomic E-state index is -6.38. The molecular weight excluding hydrogens is 638 g/mol. The molecule has 0 unspecified atom stereocenters. The van der Waals surface area contributed by atoms with Crippen LogP contribution in [0.5, 0.6) is 0 Å². The van der Waals surface area contributed by atoms with Crippen molar-refractivity contribution in [3.8, 4) is 0 Å². The lowest BCUT2D eigenvalue weighted by atomic mass is 9.76. The molecule has 45 heavy (non-hydrogen) atoms. The van der Waals surface area contributed by atoms with Crippen LogP contribution in [0.1, 0.15) is 45.5 Å². The number of likely N-dealkylation sites (tertiary alicyclic amines) is 1. The number of fused-ring (bicyclic) bond motifs is 3. The second-order valence-electron chi connectivity index (χ2n) is 10.9. The van der Waals surface area contributed by atoms with Crippen LogP contribution in [0, 0.1) is 5.82 Å². The molecule has 2 aliphatic rings. The Morgan fingerprint density at radius 3 is 2.04 bits per heavy atom. The van der Waals surface area contributed by atoms with Crippen LogP contribution in [0.2, 0.25) is 0 Å². The van der Waals surface area contributed by atoms with Crippen LogP contribution < -0.4 is 0 Å². The van der Waals surface area contributed by atoms with Gasteiger partial charge in [-0.05, 0) is 72.4 Å². The summed E-state index contributed by atoms with van der Waals surface area (Å²) in [6, 6.07) is 9.38. The Kier molecular flexibility index (Phi) is 7.78. The molecule has 0 radical (unpaired) electrons. The number of aryl methyl sites for hydroxylation is 1. The number of alkyl halides is 7. The SMILES string of the molecule is O=C(O)Cc1ccc(C(=O)N2CC[C@@]3(S(=O)(=O)c4ccc(F)cc4)c4ccc(C(F)(C(F)(F)F)C(F)(F)F)cc4CC[C@@H]23)cc1. The Bertz CT molecular complexity index is 1740. The van der Waals surface area contributed by atoms with Gasteiger partial charge in [-0.25, -0.2) is 17.2 Å². The van der Waals surface area contributed by atoms with Crippen molar-refractivity contribution in [2.75, 3.05) is 6.54 Å². The topological polar surface area (TPSA) is 91.8 Å². The van der Waals surface area contributed by atoms with Crippen LogP contribution in [0.25, 0.3) is 0 Å². The molecule has 3 aromatic carbocycles. The summed E-state index contributed by atoms with van der Waals surface area (Å²) < 4.78 is 137. The molecule has 1 aliphatic carbocycles. The Balaban J connectivity index is 1.65. The van der Waals surface area contributed by atoms with Crippen LogP contribution in [0.3, 0.4) is 0 Å². The average molecular weight is 662 g/mol. The summed E-state index contributed by atoms with van der Waals surface area (Å²) in [6.45, 7) is -0.194. The molecule has 1 amide bonds. The van der Waals surface area contributed by atoms with Crippen molar-refractivity contribution in [3.63, 3.8) is 0 Å². The number of hydrogen-bond acceptors (Lipinski definition) is 4. The summed E-state index contributed by atoms with van der Waals surface area (Å²) in [5.41, 5.74) is -7.49. The molecule has 1 N–H and O–H groups in total. The average Bonchev–Trinajstić information content (AvgIpc) is 3.37. The van der Waals surface area contributed by atoms with Gasteiger partial charge in [0.15, 0.2) is 9.84 Å². The molecule has 15 heteroatoms. The first-order chi connectivity index (χ1) is 20.8. The van der Waals surface area contributed by atoms with E-state index < -0.39 is 66.8 Å². The van der Waals surface area contributed by atoms with Crippen molar-refractivity contribution in [2.24, 2.45) is 0 Å².